The van der Waals surface area contributed by atoms with Gasteiger partial charge in [-0.25, -0.2) is 9.50 Å². The Morgan fingerprint density at radius 3 is 2.56 bits per heavy atom. The predicted octanol–water partition coefficient (Wildman–Crippen LogP) is 5.32. The summed E-state index contributed by atoms with van der Waals surface area (Å²) >= 11 is 12.0. The number of nitrogens with zero attached hydrogens (tertiary/aromatic N) is 3. The molecule has 0 amide bonds. The zero-order chi connectivity index (χ0) is 17.2. The third-order valence-electron chi connectivity index (χ3n) is 3.83. The summed E-state index contributed by atoms with van der Waals surface area (Å²) in [5.41, 5.74) is 3.74. The van der Waals surface area contributed by atoms with Crippen LogP contribution < -0.4 is 5.32 Å². The van der Waals surface area contributed by atoms with Crippen LogP contribution in [0.15, 0.2) is 66.9 Å². The molecule has 2 aromatic heterocycles. The van der Waals surface area contributed by atoms with Gasteiger partial charge in [0.25, 0.3) is 0 Å². The molecule has 124 valence electrons. The average molecular weight is 369 g/mol. The van der Waals surface area contributed by atoms with Crippen LogP contribution in [0.1, 0.15) is 5.56 Å². The van der Waals surface area contributed by atoms with Crippen molar-refractivity contribution in [2.45, 2.75) is 6.54 Å². The van der Waals surface area contributed by atoms with Gasteiger partial charge < -0.3 is 5.32 Å². The molecule has 1 N–H and O–H groups in total. The average Bonchev–Trinajstić information content (AvgIpc) is 3.04. The molecule has 2 aromatic carbocycles. The van der Waals surface area contributed by atoms with Crippen LogP contribution in [0.3, 0.4) is 0 Å². The number of hydrogen-bond acceptors (Lipinski definition) is 3. The summed E-state index contributed by atoms with van der Waals surface area (Å²) < 4.78 is 1.76. The number of rotatable bonds is 4. The van der Waals surface area contributed by atoms with E-state index in [0.717, 1.165) is 33.3 Å². The fourth-order valence-corrected chi connectivity index (χ4v) is 2.92. The van der Waals surface area contributed by atoms with Gasteiger partial charge in [-0.1, -0.05) is 47.5 Å². The van der Waals surface area contributed by atoms with E-state index in [9.17, 15) is 0 Å². The van der Waals surface area contributed by atoms with Crippen molar-refractivity contribution in [3.05, 3.63) is 82.5 Å². The predicted molar refractivity (Wildman–Crippen MR) is 102 cm³/mol. The second kappa shape index (κ2) is 6.75. The lowest BCUT2D eigenvalue weighted by Gasteiger charge is -2.06. The number of halogens is 2. The van der Waals surface area contributed by atoms with Gasteiger partial charge in [-0.05, 0) is 35.9 Å². The highest BCUT2D eigenvalue weighted by atomic mass is 35.5. The Balaban J connectivity index is 1.56. The van der Waals surface area contributed by atoms with E-state index < -0.39 is 0 Å². The molecule has 0 atom stereocenters. The maximum absolute atomic E-state index is 6.01. The van der Waals surface area contributed by atoms with Crippen molar-refractivity contribution in [1.29, 1.82) is 0 Å². The normalized spacial score (nSPS) is 11.0. The van der Waals surface area contributed by atoms with Gasteiger partial charge in [-0.15, -0.1) is 0 Å². The molecule has 4 rings (SSSR count). The third kappa shape index (κ3) is 3.60. The molecule has 0 aliphatic heterocycles. The number of nitrogens with one attached hydrogen (secondary N) is 1. The van der Waals surface area contributed by atoms with Crippen molar-refractivity contribution in [3.8, 4) is 11.3 Å². The highest BCUT2D eigenvalue weighted by Gasteiger charge is 2.06. The molecule has 25 heavy (non-hydrogen) atoms. The van der Waals surface area contributed by atoms with E-state index in [4.69, 9.17) is 23.2 Å². The molecule has 0 fully saturated rings. The van der Waals surface area contributed by atoms with E-state index in [1.807, 2.05) is 66.9 Å². The molecule has 0 unspecified atom stereocenters. The lowest BCUT2D eigenvalue weighted by molar-refractivity contribution is 0.940. The smallest absolute Gasteiger partial charge is 0.157 e. The minimum Gasteiger partial charge on any atom is -0.366 e. The molecule has 0 aliphatic rings. The molecule has 0 bridgehead atoms. The van der Waals surface area contributed by atoms with Gasteiger partial charge in [0.2, 0.25) is 0 Å². The second-order valence-corrected chi connectivity index (χ2v) is 6.51. The Morgan fingerprint density at radius 1 is 0.920 bits per heavy atom. The van der Waals surface area contributed by atoms with Crippen molar-refractivity contribution in [2.75, 3.05) is 5.32 Å². The fourth-order valence-electron chi connectivity index (χ4n) is 2.58. The molecule has 0 aliphatic carbocycles. The molecule has 0 radical (unpaired) electrons. The minimum atomic E-state index is 0.655. The summed E-state index contributed by atoms with van der Waals surface area (Å²) in [7, 11) is 0. The van der Waals surface area contributed by atoms with Crippen molar-refractivity contribution in [3.63, 3.8) is 0 Å². The number of fused-ring (bicyclic) bond motifs is 1. The van der Waals surface area contributed by atoms with E-state index in [0.29, 0.717) is 11.6 Å². The van der Waals surface area contributed by atoms with Crippen LogP contribution >= 0.6 is 23.2 Å². The van der Waals surface area contributed by atoms with E-state index in [1.165, 1.54) is 0 Å². The first kappa shape index (κ1) is 15.9. The van der Waals surface area contributed by atoms with Gasteiger partial charge in [0.1, 0.15) is 5.82 Å². The third-order valence-corrected chi connectivity index (χ3v) is 4.31. The fraction of sp³-hybridized carbons (Fsp3) is 0.0526. The van der Waals surface area contributed by atoms with E-state index >= 15 is 0 Å². The summed E-state index contributed by atoms with van der Waals surface area (Å²) in [5.74, 6) is 0.787. The summed E-state index contributed by atoms with van der Waals surface area (Å²) in [6.45, 7) is 0.655. The maximum Gasteiger partial charge on any atom is 0.157 e. The molecule has 2 heterocycles. The Hall–Kier alpha value is -2.56. The largest absolute Gasteiger partial charge is 0.366 e. The first-order chi connectivity index (χ1) is 12.2. The lowest BCUT2D eigenvalue weighted by atomic mass is 10.2. The van der Waals surface area contributed by atoms with Crippen LogP contribution in [-0.2, 0) is 6.54 Å². The SMILES string of the molecule is Clc1ccc(-c2cc3nc(NCc4cccc(Cl)c4)ccn3n2)cc1. The molecular weight excluding hydrogens is 355 g/mol. The van der Waals surface area contributed by atoms with Crippen molar-refractivity contribution in [1.82, 2.24) is 14.6 Å². The van der Waals surface area contributed by atoms with Crippen LogP contribution in [0.2, 0.25) is 10.0 Å². The van der Waals surface area contributed by atoms with Crippen molar-refractivity contribution in [2.24, 2.45) is 0 Å². The summed E-state index contributed by atoms with van der Waals surface area (Å²) in [6, 6.07) is 19.2. The van der Waals surface area contributed by atoms with E-state index in [-0.39, 0.29) is 0 Å². The van der Waals surface area contributed by atoms with Gasteiger partial charge in [0, 0.05) is 34.4 Å². The van der Waals surface area contributed by atoms with Crippen molar-refractivity contribution < 1.29 is 0 Å². The minimum absolute atomic E-state index is 0.655. The van der Waals surface area contributed by atoms with Crippen molar-refractivity contribution >= 4 is 34.7 Å². The first-order valence-corrected chi connectivity index (χ1v) is 8.54. The Kier molecular flexibility index (Phi) is 4.30. The highest BCUT2D eigenvalue weighted by Crippen LogP contribution is 2.22. The van der Waals surface area contributed by atoms with Gasteiger partial charge >= 0.3 is 0 Å². The van der Waals surface area contributed by atoms with Crippen LogP contribution in [0.5, 0.6) is 0 Å². The van der Waals surface area contributed by atoms with Gasteiger partial charge in [0.05, 0.1) is 5.69 Å². The van der Waals surface area contributed by atoms with Gasteiger partial charge in [-0.3, -0.25) is 0 Å². The molecule has 4 nitrogen and oxygen atoms in total. The van der Waals surface area contributed by atoms with E-state index in [1.54, 1.807) is 4.52 Å². The molecule has 0 saturated carbocycles. The summed E-state index contributed by atoms with van der Waals surface area (Å²) in [4.78, 5) is 4.61. The van der Waals surface area contributed by atoms with Crippen LogP contribution in [0.4, 0.5) is 5.82 Å². The Morgan fingerprint density at radius 2 is 1.76 bits per heavy atom. The van der Waals surface area contributed by atoms with Crippen LogP contribution in [-0.4, -0.2) is 14.6 Å². The zero-order valence-corrected chi connectivity index (χ0v) is 14.7. The molecule has 0 saturated heterocycles. The van der Waals surface area contributed by atoms with Crippen LogP contribution in [0, 0.1) is 0 Å². The quantitative estimate of drug-likeness (QED) is 0.530. The van der Waals surface area contributed by atoms with Gasteiger partial charge in [0.15, 0.2) is 5.65 Å². The highest BCUT2D eigenvalue weighted by molar-refractivity contribution is 6.30. The lowest BCUT2D eigenvalue weighted by Crippen LogP contribution is -2.02. The monoisotopic (exact) mass is 368 g/mol. The molecule has 4 aromatic rings. The first-order valence-electron chi connectivity index (χ1n) is 7.78. The molecule has 0 spiro atoms. The standard InChI is InChI=1S/C19H14Cl2N4/c20-15-6-4-14(5-7-15)17-11-19-23-18(8-9-25(19)24-17)22-12-13-2-1-3-16(21)10-13/h1-11H,12H2,(H,22,23). The number of benzene rings is 2. The maximum atomic E-state index is 6.01. The molecular formula is C19H14Cl2N4. The summed E-state index contributed by atoms with van der Waals surface area (Å²) in [5, 5.41) is 9.29. The summed E-state index contributed by atoms with van der Waals surface area (Å²) in [6.07, 6.45) is 1.89. The Labute approximate surface area is 155 Å². The topological polar surface area (TPSA) is 42.2 Å². The van der Waals surface area contributed by atoms with E-state index in [2.05, 4.69) is 15.4 Å². The molecule has 6 heteroatoms. The van der Waals surface area contributed by atoms with Gasteiger partial charge in [-0.2, -0.15) is 5.10 Å². The van der Waals surface area contributed by atoms with Crippen LogP contribution in [0.25, 0.3) is 16.9 Å². The number of aromatic nitrogens is 3. The Bertz CT molecular complexity index is 1030. The second-order valence-electron chi connectivity index (χ2n) is 5.64. The number of hydrogen-bond donors (Lipinski definition) is 1. The zero-order valence-electron chi connectivity index (χ0n) is 13.2. The number of anilines is 1.